The van der Waals surface area contributed by atoms with Gasteiger partial charge in [0.1, 0.15) is 17.7 Å². The van der Waals surface area contributed by atoms with Crippen molar-refractivity contribution in [2.24, 2.45) is 5.73 Å². The van der Waals surface area contributed by atoms with Gasteiger partial charge in [0, 0.05) is 23.1 Å². The van der Waals surface area contributed by atoms with Gasteiger partial charge >= 0.3 is 5.97 Å². The van der Waals surface area contributed by atoms with E-state index < -0.39 is 35.7 Å². The van der Waals surface area contributed by atoms with Gasteiger partial charge in [-0.15, -0.1) is 0 Å². The number of hydrogen-bond donors (Lipinski definition) is 3. The molecule has 1 aromatic heterocycles. The number of aromatic nitrogens is 1. The zero-order chi connectivity index (χ0) is 22.3. The molecule has 0 bridgehead atoms. The first-order valence-electron chi connectivity index (χ1n) is 9.44. The van der Waals surface area contributed by atoms with Gasteiger partial charge in [0.2, 0.25) is 5.91 Å². The maximum Gasteiger partial charge on any atom is 0.303 e. The van der Waals surface area contributed by atoms with Crippen molar-refractivity contribution < 1.29 is 23.9 Å². The van der Waals surface area contributed by atoms with Crippen LogP contribution in [0.4, 0.5) is 10.2 Å². The molecule has 5 N–H and O–H groups in total. The average molecular weight is 414 g/mol. The summed E-state index contributed by atoms with van der Waals surface area (Å²) in [6.45, 7) is 5.24. The second-order valence-corrected chi connectivity index (χ2v) is 7.46. The van der Waals surface area contributed by atoms with Crippen LogP contribution in [0, 0.1) is 19.7 Å². The molecule has 1 unspecified atom stereocenters. The number of nitrogens with zero attached hydrogens (tertiary/aromatic N) is 2. The first-order chi connectivity index (χ1) is 14.0. The summed E-state index contributed by atoms with van der Waals surface area (Å²) < 4.78 is 15.5. The number of nitrogen functional groups attached to an aromatic ring is 1. The van der Waals surface area contributed by atoms with E-state index in [9.17, 15) is 14.4 Å². The molecular weight excluding hydrogens is 391 g/mol. The molecule has 1 aliphatic rings. The van der Waals surface area contributed by atoms with Crippen molar-refractivity contribution in [3.63, 3.8) is 0 Å². The Kier molecular flexibility index (Phi) is 5.47. The molecular formula is C21H23FN4O4. The molecule has 30 heavy (non-hydrogen) atoms. The van der Waals surface area contributed by atoms with Gasteiger partial charge in [0.25, 0.3) is 5.91 Å². The van der Waals surface area contributed by atoms with Gasteiger partial charge in [-0.05, 0) is 56.5 Å². The van der Waals surface area contributed by atoms with E-state index in [1.165, 1.54) is 12.1 Å². The third-order valence-corrected chi connectivity index (χ3v) is 5.62. The van der Waals surface area contributed by atoms with Crippen LogP contribution in [0.5, 0.6) is 0 Å². The fraction of sp³-hybridized carbons (Fsp3) is 0.333. The van der Waals surface area contributed by atoms with Crippen LogP contribution in [0.2, 0.25) is 0 Å². The summed E-state index contributed by atoms with van der Waals surface area (Å²) in [5.41, 5.74) is 13.8. The number of pyridine rings is 1. The van der Waals surface area contributed by atoms with E-state index in [2.05, 4.69) is 4.98 Å². The molecule has 0 fully saturated rings. The lowest BCUT2D eigenvalue weighted by Gasteiger charge is -2.29. The number of aryl methyl sites for hydroxylation is 1. The van der Waals surface area contributed by atoms with Crippen molar-refractivity contribution in [2.75, 3.05) is 5.73 Å². The summed E-state index contributed by atoms with van der Waals surface area (Å²) >= 11 is 0. The Hall–Kier alpha value is -3.49. The highest BCUT2D eigenvalue weighted by atomic mass is 19.1. The fourth-order valence-corrected chi connectivity index (χ4v) is 3.83. The van der Waals surface area contributed by atoms with E-state index in [0.29, 0.717) is 5.69 Å². The van der Waals surface area contributed by atoms with Gasteiger partial charge in [-0.25, -0.2) is 9.37 Å². The van der Waals surface area contributed by atoms with Crippen LogP contribution >= 0.6 is 0 Å². The minimum absolute atomic E-state index is 0.113. The van der Waals surface area contributed by atoms with Crippen molar-refractivity contribution in [3.8, 4) is 11.3 Å². The van der Waals surface area contributed by atoms with E-state index in [0.717, 1.165) is 16.0 Å². The monoisotopic (exact) mass is 414 g/mol. The number of primary amides is 1. The minimum Gasteiger partial charge on any atom is -0.481 e. The molecule has 9 heteroatoms. The minimum atomic E-state index is -1.16. The number of hydrogen-bond acceptors (Lipinski definition) is 5. The zero-order valence-electron chi connectivity index (χ0n) is 16.9. The van der Waals surface area contributed by atoms with Gasteiger partial charge in [-0.2, -0.15) is 0 Å². The average Bonchev–Trinajstić information content (AvgIpc) is 2.91. The number of carbonyl (C=O) groups excluding carboxylic acids is 2. The Labute approximate surface area is 172 Å². The van der Waals surface area contributed by atoms with Crippen LogP contribution in [-0.2, 0) is 9.59 Å². The van der Waals surface area contributed by atoms with Crippen LogP contribution in [0.25, 0.3) is 11.3 Å². The van der Waals surface area contributed by atoms with Gasteiger partial charge in [0.05, 0.1) is 11.7 Å². The summed E-state index contributed by atoms with van der Waals surface area (Å²) in [5.74, 6) is -2.87. The predicted molar refractivity (Wildman–Crippen MR) is 108 cm³/mol. The molecule has 0 saturated heterocycles. The van der Waals surface area contributed by atoms with Gasteiger partial charge in [0.15, 0.2) is 0 Å². The number of carbonyl (C=O) groups is 3. The highest BCUT2D eigenvalue weighted by Gasteiger charge is 2.42. The number of benzene rings is 1. The number of amides is 2. The second-order valence-electron chi connectivity index (χ2n) is 7.46. The van der Waals surface area contributed by atoms with Crippen LogP contribution in [-0.4, -0.2) is 38.8 Å². The summed E-state index contributed by atoms with van der Waals surface area (Å²) in [6, 6.07) is 2.69. The van der Waals surface area contributed by atoms with Crippen LogP contribution in [0.3, 0.4) is 0 Å². The molecule has 2 heterocycles. The number of nitrogens with two attached hydrogens (primary N) is 2. The molecule has 1 aromatic carbocycles. The first kappa shape index (κ1) is 21.2. The molecule has 3 rings (SSSR count). The largest absolute Gasteiger partial charge is 0.481 e. The van der Waals surface area contributed by atoms with Gasteiger partial charge in [-0.3, -0.25) is 14.4 Å². The molecule has 2 amide bonds. The molecule has 158 valence electrons. The van der Waals surface area contributed by atoms with E-state index in [-0.39, 0.29) is 35.3 Å². The van der Waals surface area contributed by atoms with Crippen LogP contribution < -0.4 is 11.5 Å². The summed E-state index contributed by atoms with van der Waals surface area (Å²) in [5, 5.41) is 8.93. The maximum absolute atomic E-state index is 15.5. The number of fused-ring (bicyclic) bond motifs is 1. The number of rotatable bonds is 6. The number of carboxylic acid groups (broad SMARTS) is 1. The normalized spacial score (nSPS) is 16.5. The SMILES string of the molecule is Cc1cc(-c2ccc3c(c2F)C(C)N([C@@H](CCC(=O)O)C(N)=O)C3=O)nc(N)c1C. The third kappa shape index (κ3) is 3.47. The van der Waals surface area contributed by atoms with Crippen molar-refractivity contribution in [3.05, 3.63) is 46.3 Å². The van der Waals surface area contributed by atoms with E-state index in [4.69, 9.17) is 16.6 Å². The highest BCUT2D eigenvalue weighted by Crippen LogP contribution is 2.40. The van der Waals surface area contributed by atoms with Crippen molar-refractivity contribution in [1.29, 1.82) is 0 Å². The Morgan fingerprint density at radius 2 is 1.93 bits per heavy atom. The van der Waals surface area contributed by atoms with Crippen LogP contribution in [0.15, 0.2) is 18.2 Å². The molecule has 0 radical (unpaired) electrons. The highest BCUT2D eigenvalue weighted by molar-refractivity contribution is 6.02. The lowest BCUT2D eigenvalue weighted by Crippen LogP contribution is -2.46. The molecule has 2 aromatic rings. The maximum atomic E-state index is 15.5. The zero-order valence-corrected chi connectivity index (χ0v) is 16.9. The number of halogens is 1. The Balaban J connectivity index is 2.06. The molecule has 2 atom stereocenters. The lowest BCUT2D eigenvalue weighted by molar-refractivity contribution is -0.137. The molecule has 0 aliphatic carbocycles. The number of anilines is 1. The summed E-state index contributed by atoms with van der Waals surface area (Å²) in [4.78, 5) is 41.2. The topological polar surface area (TPSA) is 140 Å². The summed E-state index contributed by atoms with van der Waals surface area (Å²) in [6.07, 6.45) is -0.502. The van der Waals surface area contributed by atoms with E-state index in [1.807, 2.05) is 13.8 Å². The Bertz CT molecular complexity index is 1050. The Morgan fingerprint density at radius 3 is 2.50 bits per heavy atom. The second kappa shape index (κ2) is 7.74. The quantitative estimate of drug-likeness (QED) is 0.663. The predicted octanol–water partition coefficient (Wildman–Crippen LogP) is 2.32. The third-order valence-electron chi connectivity index (χ3n) is 5.62. The molecule has 8 nitrogen and oxygen atoms in total. The van der Waals surface area contributed by atoms with Crippen molar-refractivity contribution in [1.82, 2.24) is 9.88 Å². The molecule has 0 spiro atoms. The molecule has 0 saturated carbocycles. The standard InChI is InChI=1S/C21H23FN4O4/c1-9-8-14(25-19(23)10(9)2)12-4-5-13-17(18(12)22)11(3)26(21(13)30)15(20(24)29)6-7-16(27)28/h4-5,8,11,15H,6-7H2,1-3H3,(H2,23,25)(H2,24,29)(H,27,28)/t11?,15-/m0/s1. The van der Waals surface area contributed by atoms with Gasteiger partial charge in [-0.1, -0.05) is 0 Å². The first-order valence-corrected chi connectivity index (χ1v) is 9.44. The van der Waals surface area contributed by atoms with Crippen LogP contribution in [0.1, 0.15) is 52.9 Å². The summed E-state index contributed by atoms with van der Waals surface area (Å²) in [7, 11) is 0. The van der Waals surface area contributed by atoms with Crippen molar-refractivity contribution >= 4 is 23.6 Å². The van der Waals surface area contributed by atoms with Gasteiger partial charge < -0.3 is 21.5 Å². The van der Waals surface area contributed by atoms with E-state index in [1.54, 1.807) is 13.0 Å². The smallest absolute Gasteiger partial charge is 0.303 e. The molecule has 1 aliphatic heterocycles. The number of carboxylic acids is 1. The lowest BCUT2D eigenvalue weighted by atomic mass is 9.98. The van der Waals surface area contributed by atoms with E-state index >= 15 is 4.39 Å². The fourth-order valence-electron chi connectivity index (χ4n) is 3.83. The number of aliphatic carboxylic acids is 1. The Morgan fingerprint density at radius 1 is 1.30 bits per heavy atom. The van der Waals surface area contributed by atoms with Crippen molar-refractivity contribution in [2.45, 2.75) is 45.7 Å².